The molecule has 1 aliphatic heterocycles. The first-order chi connectivity index (χ1) is 6.36. The van der Waals surface area contributed by atoms with Gasteiger partial charge in [-0.05, 0) is 36.6 Å². The molecule has 0 aromatic heterocycles. The molecule has 0 atom stereocenters. The summed E-state index contributed by atoms with van der Waals surface area (Å²) in [5.41, 5.74) is 1.66. The average Bonchev–Trinajstić information content (AvgIpc) is 2.19. The maximum atomic E-state index is 2.33. The van der Waals surface area contributed by atoms with Crippen LogP contribution in [0, 0.1) is 5.92 Å². The first-order valence-corrected chi connectivity index (χ1v) is 5.44. The largest absolute Gasteiger partial charge is 0.376 e. The van der Waals surface area contributed by atoms with E-state index in [9.17, 15) is 0 Å². The van der Waals surface area contributed by atoms with Gasteiger partial charge in [-0.15, -0.1) is 0 Å². The topological polar surface area (TPSA) is 3.24 Å². The third kappa shape index (κ3) is 2.15. The molecule has 72 valence electrons. The van der Waals surface area contributed by atoms with Gasteiger partial charge in [0.1, 0.15) is 0 Å². The molecule has 1 nitrogen and oxygen atoms in total. The number of hydrogen-bond donors (Lipinski definition) is 0. The van der Waals surface area contributed by atoms with Crippen molar-refractivity contribution in [3.05, 3.63) is 23.9 Å². The van der Waals surface area contributed by atoms with Gasteiger partial charge in [0.25, 0.3) is 0 Å². The van der Waals surface area contributed by atoms with Gasteiger partial charge in [0, 0.05) is 13.6 Å². The Labute approximate surface area is 81.1 Å². The number of nitrogens with zero attached hydrogens (tertiary/aromatic N) is 1. The lowest BCUT2D eigenvalue weighted by Crippen LogP contribution is -2.22. The van der Waals surface area contributed by atoms with Crippen LogP contribution in [-0.2, 0) is 0 Å². The second-order valence-corrected chi connectivity index (χ2v) is 4.33. The molecule has 1 aliphatic carbocycles. The molecule has 0 radical (unpaired) electrons. The second-order valence-electron chi connectivity index (χ2n) is 4.33. The van der Waals surface area contributed by atoms with E-state index in [1.165, 1.54) is 32.1 Å². The maximum absolute atomic E-state index is 2.33. The van der Waals surface area contributed by atoms with Gasteiger partial charge in [0.15, 0.2) is 0 Å². The molecule has 0 aromatic carbocycles. The van der Waals surface area contributed by atoms with Gasteiger partial charge in [-0.25, -0.2) is 0 Å². The Morgan fingerprint density at radius 1 is 1.23 bits per heavy atom. The third-order valence-corrected chi connectivity index (χ3v) is 3.21. The monoisotopic (exact) mass is 177 g/mol. The molecule has 0 saturated heterocycles. The van der Waals surface area contributed by atoms with Crippen LogP contribution < -0.4 is 0 Å². The van der Waals surface area contributed by atoms with Crippen molar-refractivity contribution in [2.75, 3.05) is 13.6 Å². The first-order valence-electron chi connectivity index (χ1n) is 5.44. The number of likely N-dealkylation sites (N-methyl/N-ethyl adjacent to an activating group) is 1. The van der Waals surface area contributed by atoms with Crippen molar-refractivity contribution in [2.45, 2.75) is 32.1 Å². The predicted octanol–water partition coefficient (Wildman–Crippen LogP) is 2.95. The van der Waals surface area contributed by atoms with Crippen LogP contribution >= 0.6 is 0 Å². The van der Waals surface area contributed by atoms with E-state index in [1.54, 1.807) is 5.57 Å². The van der Waals surface area contributed by atoms with Crippen molar-refractivity contribution in [1.29, 1.82) is 0 Å². The summed E-state index contributed by atoms with van der Waals surface area (Å²) >= 11 is 0. The average molecular weight is 177 g/mol. The molecule has 1 saturated carbocycles. The van der Waals surface area contributed by atoms with E-state index in [0.717, 1.165) is 12.5 Å². The summed E-state index contributed by atoms with van der Waals surface area (Å²) in [7, 11) is 2.16. The Morgan fingerprint density at radius 2 is 2.00 bits per heavy atom. The van der Waals surface area contributed by atoms with Crippen LogP contribution in [0.25, 0.3) is 0 Å². The van der Waals surface area contributed by atoms with Gasteiger partial charge in [0.05, 0.1) is 0 Å². The zero-order valence-electron chi connectivity index (χ0n) is 8.50. The number of allylic oxidation sites excluding steroid dienone is 2. The van der Waals surface area contributed by atoms with Gasteiger partial charge in [-0.2, -0.15) is 0 Å². The van der Waals surface area contributed by atoms with Crippen LogP contribution in [0.1, 0.15) is 32.1 Å². The molecular formula is C12H19N. The molecule has 2 aliphatic rings. The Morgan fingerprint density at radius 3 is 2.69 bits per heavy atom. The SMILES string of the molecule is CN1C=CC=C(C2CCCCC2)C1. The summed E-state index contributed by atoms with van der Waals surface area (Å²) in [6.45, 7) is 1.15. The van der Waals surface area contributed by atoms with Crippen LogP contribution in [0.3, 0.4) is 0 Å². The van der Waals surface area contributed by atoms with E-state index in [0.29, 0.717) is 0 Å². The molecule has 2 rings (SSSR count). The van der Waals surface area contributed by atoms with Gasteiger partial charge >= 0.3 is 0 Å². The fourth-order valence-electron chi connectivity index (χ4n) is 2.45. The first kappa shape index (κ1) is 8.86. The lowest BCUT2D eigenvalue weighted by atomic mass is 9.83. The highest BCUT2D eigenvalue weighted by Gasteiger charge is 2.18. The van der Waals surface area contributed by atoms with E-state index >= 15 is 0 Å². The van der Waals surface area contributed by atoms with E-state index in [-0.39, 0.29) is 0 Å². The van der Waals surface area contributed by atoms with Crippen molar-refractivity contribution in [2.24, 2.45) is 5.92 Å². The molecule has 0 spiro atoms. The van der Waals surface area contributed by atoms with E-state index in [4.69, 9.17) is 0 Å². The lowest BCUT2D eigenvalue weighted by Gasteiger charge is -2.29. The van der Waals surface area contributed by atoms with E-state index < -0.39 is 0 Å². The minimum absolute atomic E-state index is 0.890. The Bertz CT molecular complexity index is 221. The molecule has 0 aromatic rings. The van der Waals surface area contributed by atoms with Crippen LogP contribution in [0.15, 0.2) is 23.9 Å². The van der Waals surface area contributed by atoms with Gasteiger partial charge < -0.3 is 4.90 Å². The number of rotatable bonds is 1. The van der Waals surface area contributed by atoms with Gasteiger partial charge in [0.2, 0.25) is 0 Å². The molecule has 1 heteroatoms. The Kier molecular flexibility index (Phi) is 2.72. The summed E-state index contributed by atoms with van der Waals surface area (Å²) in [6.07, 6.45) is 13.9. The highest BCUT2D eigenvalue weighted by atomic mass is 15.1. The molecular weight excluding hydrogens is 158 g/mol. The quantitative estimate of drug-likeness (QED) is 0.595. The summed E-state index contributed by atoms with van der Waals surface area (Å²) < 4.78 is 0. The summed E-state index contributed by atoms with van der Waals surface area (Å²) in [5.74, 6) is 0.890. The van der Waals surface area contributed by atoms with Gasteiger partial charge in [-0.3, -0.25) is 0 Å². The Balaban J connectivity index is 1.98. The molecule has 0 N–H and O–H groups in total. The van der Waals surface area contributed by atoms with Crippen molar-refractivity contribution in [3.8, 4) is 0 Å². The zero-order valence-corrected chi connectivity index (χ0v) is 8.50. The highest BCUT2D eigenvalue weighted by Crippen LogP contribution is 2.30. The summed E-state index contributed by atoms with van der Waals surface area (Å²) in [5, 5.41) is 0. The van der Waals surface area contributed by atoms with Crippen LogP contribution in [0.4, 0.5) is 0 Å². The minimum atomic E-state index is 0.890. The van der Waals surface area contributed by atoms with Crippen molar-refractivity contribution >= 4 is 0 Å². The zero-order chi connectivity index (χ0) is 9.10. The van der Waals surface area contributed by atoms with Crippen molar-refractivity contribution in [1.82, 2.24) is 4.90 Å². The third-order valence-electron chi connectivity index (χ3n) is 3.21. The van der Waals surface area contributed by atoms with Crippen LogP contribution in [0.5, 0.6) is 0 Å². The maximum Gasteiger partial charge on any atom is 0.0386 e. The molecule has 1 heterocycles. The minimum Gasteiger partial charge on any atom is -0.376 e. The second kappa shape index (κ2) is 3.99. The van der Waals surface area contributed by atoms with Gasteiger partial charge in [-0.1, -0.05) is 25.3 Å². The Hall–Kier alpha value is -0.720. The lowest BCUT2D eigenvalue weighted by molar-refractivity contribution is 0.369. The number of hydrogen-bond acceptors (Lipinski definition) is 1. The normalized spacial score (nSPS) is 24.7. The summed E-state index contributed by atoms with van der Waals surface area (Å²) in [6, 6.07) is 0. The van der Waals surface area contributed by atoms with E-state index in [2.05, 4.69) is 30.3 Å². The fraction of sp³-hybridized carbons (Fsp3) is 0.667. The van der Waals surface area contributed by atoms with Crippen LogP contribution in [-0.4, -0.2) is 18.5 Å². The van der Waals surface area contributed by atoms with E-state index in [1.807, 2.05) is 0 Å². The van der Waals surface area contributed by atoms with Crippen LogP contribution in [0.2, 0.25) is 0 Å². The predicted molar refractivity (Wildman–Crippen MR) is 56.4 cm³/mol. The molecule has 0 amide bonds. The summed E-state index contributed by atoms with van der Waals surface area (Å²) in [4.78, 5) is 2.28. The highest BCUT2D eigenvalue weighted by molar-refractivity contribution is 5.21. The smallest absolute Gasteiger partial charge is 0.0386 e. The van der Waals surface area contributed by atoms with Crippen molar-refractivity contribution in [3.63, 3.8) is 0 Å². The standard InChI is InChI=1S/C12H19N/c1-13-9-5-8-12(10-13)11-6-3-2-4-7-11/h5,8-9,11H,2-4,6-7,10H2,1H3. The molecule has 1 fully saturated rings. The molecule has 0 unspecified atom stereocenters. The fourth-order valence-corrected chi connectivity index (χ4v) is 2.45. The van der Waals surface area contributed by atoms with Crippen molar-refractivity contribution < 1.29 is 0 Å². The molecule has 13 heavy (non-hydrogen) atoms. The molecule has 0 bridgehead atoms.